The highest BCUT2D eigenvalue weighted by atomic mass is 35.5. The molecule has 2 aromatic rings. The lowest BCUT2D eigenvalue weighted by Gasteiger charge is -2.11. The molecule has 0 atom stereocenters. The van der Waals surface area contributed by atoms with Gasteiger partial charge in [-0.1, -0.05) is 24.6 Å². The van der Waals surface area contributed by atoms with E-state index < -0.39 is 0 Å². The van der Waals surface area contributed by atoms with E-state index in [4.69, 9.17) is 11.6 Å². The molecule has 96 valence electrons. The second-order valence-electron chi connectivity index (χ2n) is 4.35. The van der Waals surface area contributed by atoms with E-state index >= 15 is 0 Å². The van der Waals surface area contributed by atoms with E-state index in [1.807, 2.05) is 36.0 Å². The predicted molar refractivity (Wildman–Crippen MR) is 75.3 cm³/mol. The minimum absolute atomic E-state index is 0.734. The lowest BCUT2D eigenvalue weighted by Crippen LogP contribution is -2.15. The van der Waals surface area contributed by atoms with Gasteiger partial charge in [-0.05, 0) is 43.7 Å². The van der Waals surface area contributed by atoms with Gasteiger partial charge in [-0.2, -0.15) is 5.10 Å². The minimum atomic E-state index is 0.734. The van der Waals surface area contributed by atoms with Crippen LogP contribution < -0.4 is 5.32 Å². The molecule has 1 aromatic carbocycles. The van der Waals surface area contributed by atoms with Gasteiger partial charge in [0, 0.05) is 17.8 Å². The number of nitrogens with zero attached hydrogens (tertiary/aromatic N) is 2. The first kappa shape index (κ1) is 13.1. The van der Waals surface area contributed by atoms with Crippen molar-refractivity contribution in [2.75, 3.05) is 6.54 Å². The van der Waals surface area contributed by atoms with Gasteiger partial charge in [0.2, 0.25) is 0 Å². The average Bonchev–Trinajstić information content (AvgIpc) is 2.78. The van der Waals surface area contributed by atoms with Crippen LogP contribution in [0, 0.1) is 6.92 Å². The number of nitrogens with one attached hydrogen (secondary N) is 1. The van der Waals surface area contributed by atoms with E-state index in [0.29, 0.717) is 0 Å². The van der Waals surface area contributed by atoms with E-state index in [1.54, 1.807) is 0 Å². The number of benzene rings is 1. The molecule has 0 fully saturated rings. The van der Waals surface area contributed by atoms with E-state index in [-0.39, 0.29) is 0 Å². The highest BCUT2D eigenvalue weighted by molar-refractivity contribution is 6.30. The van der Waals surface area contributed by atoms with Gasteiger partial charge < -0.3 is 5.32 Å². The molecule has 18 heavy (non-hydrogen) atoms. The van der Waals surface area contributed by atoms with Crippen LogP contribution in [-0.2, 0) is 6.54 Å². The van der Waals surface area contributed by atoms with Gasteiger partial charge in [0.25, 0.3) is 0 Å². The molecule has 0 saturated carbocycles. The van der Waals surface area contributed by atoms with Crippen molar-refractivity contribution in [3.63, 3.8) is 0 Å². The van der Waals surface area contributed by atoms with Crippen molar-refractivity contribution in [3.8, 4) is 5.69 Å². The molecule has 1 N–H and O–H groups in total. The summed E-state index contributed by atoms with van der Waals surface area (Å²) in [7, 11) is 0. The third-order valence-corrected chi connectivity index (χ3v) is 2.99. The van der Waals surface area contributed by atoms with Gasteiger partial charge in [-0.25, -0.2) is 4.68 Å². The summed E-state index contributed by atoms with van der Waals surface area (Å²) in [5, 5.41) is 8.58. The van der Waals surface area contributed by atoms with Crippen LogP contribution in [0.1, 0.15) is 24.6 Å². The Morgan fingerprint density at radius 3 is 2.83 bits per heavy atom. The van der Waals surface area contributed by atoms with Crippen LogP contribution in [0.4, 0.5) is 0 Å². The zero-order valence-corrected chi connectivity index (χ0v) is 11.5. The fourth-order valence-corrected chi connectivity index (χ4v) is 2.02. The molecule has 0 aliphatic heterocycles. The van der Waals surface area contributed by atoms with E-state index in [0.717, 1.165) is 35.9 Å². The molecule has 2 rings (SSSR count). The maximum Gasteiger partial charge on any atom is 0.0705 e. The molecule has 0 saturated heterocycles. The first-order valence-electron chi connectivity index (χ1n) is 6.22. The first-order valence-corrected chi connectivity index (χ1v) is 6.60. The zero-order chi connectivity index (χ0) is 13.0. The average molecular weight is 264 g/mol. The van der Waals surface area contributed by atoms with Crippen LogP contribution in [0.15, 0.2) is 30.5 Å². The van der Waals surface area contributed by atoms with Crippen molar-refractivity contribution in [2.45, 2.75) is 26.8 Å². The van der Waals surface area contributed by atoms with Crippen molar-refractivity contribution in [2.24, 2.45) is 0 Å². The zero-order valence-electron chi connectivity index (χ0n) is 10.8. The number of rotatable bonds is 5. The maximum absolute atomic E-state index is 6.07. The smallest absolute Gasteiger partial charge is 0.0705 e. The van der Waals surface area contributed by atoms with Gasteiger partial charge in [0.1, 0.15) is 0 Å². The molecule has 0 bridgehead atoms. The molecule has 0 aliphatic rings. The Balaban J connectivity index is 2.29. The largest absolute Gasteiger partial charge is 0.313 e. The molecule has 0 amide bonds. The maximum atomic E-state index is 6.07. The summed E-state index contributed by atoms with van der Waals surface area (Å²) in [6.07, 6.45) is 3.09. The molecule has 0 spiro atoms. The molecular formula is C14H18ClN3. The number of halogens is 1. The number of hydrogen-bond acceptors (Lipinski definition) is 2. The first-order chi connectivity index (χ1) is 8.70. The Labute approximate surface area is 113 Å². The molecule has 0 aliphatic carbocycles. The Kier molecular flexibility index (Phi) is 4.39. The van der Waals surface area contributed by atoms with Crippen LogP contribution in [0.3, 0.4) is 0 Å². The fourth-order valence-electron chi connectivity index (χ4n) is 1.85. The fraction of sp³-hybridized carbons (Fsp3) is 0.357. The number of hydrogen-bond donors (Lipinski definition) is 1. The Bertz CT molecular complexity index is 520. The van der Waals surface area contributed by atoms with Crippen LogP contribution in [-0.4, -0.2) is 16.3 Å². The Hall–Kier alpha value is -1.32. The van der Waals surface area contributed by atoms with Crippen molar-refractivity contribution < 1.29 is 0 Å². The van der Waals surface area contributed by atoms with Gasteiger partial charge >= 0.3 is 0 Å². The summed E-state index contributed by atoms with van der Waals surface area (Å²) in [4.78, 5) is 0. The third-order valence-electron chi connectivity index (χ3n) is 2.76. The van der Waals surface area contributed by atoms with Crippen LogP contribution in [0.25, 0.3) is 5.69 Å². The normalized spacial score (nSPS) is 10.8. The Morgan fingerprint density at radius 1 is 1.33 bits per heavy atom. The minimum Gasteiger partial charge on any atom is -0.313 e. The SMILES string of the molecule is CCCNCc1ccc(Cl)cc1-n1ccc(C)n1. The molecule has 1 heterocycles. The van der Waals surface area contributed by atoms with Crippen molar-refractivity contribution in [1.29, 1.82) is 0 Å². The standard InChI is InChI=1S/C14H18ClN3/c1-3-7-16-10-12-4-5-13(15)9-14(12)18-8-6-11(2)17-18/h4-6,8-9,16H,3,7,10H2,1-2H3. The number of aryl methyl sites for hydroxylation is 1. The molecular weight excluding hydrogens is 246 g/mol. The molecule has 0 unspecified atom stereocenters. The van der Waals surface area contributed by atoms with E-state index in [1.165, 1.54) is 5.56 Å². The molecule has 4 heteroatoms. The Morgan fingerprint density at radius 2 is 2.17 bits per heavy atom. The van der Waals surface area contributed by atoms with Crippen LogP contribution >= 0.6 is 11.6 Å². The highest BCUT2D eigenvalue weighted by Gasteiger charge is 2.06. The van der Waals surface area contributed by atoms with Crippen molar-refractivity contribution in [3.05, 3.63) is 46.7 Å². The highest BCUT2D eigenvalue weighted by Crippen LogP contribution is 2.19. The van der Waals surface area contributed by atoms with Gasteiger partial charge in [0.05, 0.1) is 11.4 Å². The van der Waals surface area contributed by atoms with Gasteiger partial charge in [-0.15, -0.1) is 0 Å². The topological polar surface area (TPSA) is 29.9 Å². The van der Waals surface area contributed by atoms with Crippen molar-refractivity contribution >= 4 is 11.6 Å². The second kappa shape index (κ2) is 6.03. The van der Waals surface area contributed by atoms with Crippen LogP contribution in [0.2, 0.25) is 5.02 Å². The summed E-state index contributed by atoms with van der Waals surface area (Å²) in [6.45, 7) is 5.99. The second-order valence-corrected chi connectivity index (χ2v) is 4.79. The van der Waals surface area contributed by atoms with E-state index in [2.05, 4.69) is 23.4 Å². The predicted octanol–water partition coefficient (Wildman–Crippen LogP) is 3.33. The summed E-state index contributed by atoms with van der Waals surface area (Å²) < 4.78 is 1.88. The summed E-state index contributed by atoms with van der Waals surface area (Å²) in [5.74, 6) is 0. The lowest BCUT2D eigenvalue weighted by molar-refractivity contribution is 0.670. The van der Waals surface area contributed by atoms with Gasteiger partial charge in [0.15, 0.2) is 0 Å². The quantitative estimate of drug-likeness (QED) is 0.839. The van der Waals surface area contributed by atoms with Crippen molar-refractivity contribution in [1.82, 2.24) is 15.1 Å². The summed E-state index contributed by atoms with van der Waals surface area (Å²) >= 11 is 6.07. The third kappa shape index (κ3) is 3.12. The molecule has 0 radical (unpaired) electrons. The molecule has 3 nitrogen and oxygen atoms in total. The summed E-state index contributed by atoms with van der Waals surface area (Å²) in [5.41, 5.74) is 3.25. The van der Waals surface area contributed by atoms with Gasteiger partial charge in [-0.3, -0.25) is 0 Å². The van der Waals surface area contributed by atoms with Crippen LogP contribution in [0.5, 0.6) is 0 Å². The van der Waals surface area contributed by atoms with E-state index in [9.17, 15) is 0 Å². The monoisotopic (exact) mass is 263 g/mol. The number of aromatic nitrogens is 2. The summed E-state index contributed by atoms with van der Waals surface area (Å²) in [6, 6.07) is 7.92. The molecule has 1 aromatic heterocycles. The lowest BCUT2D eigenvalue weighted by atomic mass is 10.1.